The van der Waals surface area contributed by atoms with Crippen LogP contribution in [0.15, 0.2) is 24.3 Å². The maximum absolute atomic E-state index is 6.04. The summed E-state index contributed by atoms with van der Waals surface area (Å²) in [6, 6.07) is 8.14. The van der Waals surface area contributed by atoms with Crippen LogP contribution in [0.2, 0.25) is 5.02 Å². The van der Waals surface area contributed by atoms with Crippen molar-refractivity contribution >= 4 is 11.6 Å². The van der Waals surface area contributed by atoms with E-state index in [0.717, 1.165) is 31.2 Å². The molecule has 0 amide bonds. The van der Waals surface area contributed by atoms with Gasteiger partial charge in [0.25, 0.3) is 0 Å². The Morgan fingerprint density at radius 3 is 2.65 bits per heavy atom. The lowest BCUT2D eigenvalue weighted by Crippen LogP contribution is -2.40. The van der Waals surface area contributed by atoms with Gasteiger partial charge in [-0.2, -0.15) is 0 Å². The summed E-state index contributed by atoms with van der Waals surface area (Å²) in [6.07, 6.45) is 2.38. The second kappa shape index (κ2) is 8.66. The highest BCUT2D eigenvalue weighted by atomic mass is 35.5. The smallest absolute Gasteiger partial charge is 0.0409 e. The topological polar surface area (TPSA) is 15.3 Å². The first-order valence-electron chi connectivity index (χ1n) is 7.63. The lowest BCUT2D eigenvalue weighted by atomic mass is 9.86. The molecule has 0 fully saturated rings. The van der Waals surface area contributed by atoms with Crippen molar-refractivity contribution < 1.29 is 0 Å². The van der Waals surface area contributed by atoms with E-state index >= 15 is 0 Å². The van der Waals surface area contributed by atoms with E-state index in [0.29, 0.717) is 5.41 Å². The van der Waals surface area contributed by atoms with Crippen molar-refractivity contribution in [3.05, 3.63) is 34.9 Å². The summed E-state index contributed by atoms with van der Waals surface area (Å²) >= 11 is 6.04. The van der Waals surface area contributed by atoms with Gasteiger partial charge in [0, 0.05) is 24.7 Å². The number of hydrogen-bond donors (Lipinski definition) is 1. The molecule has 1 aromatic carbocycles. The van der Waals surface area contributed by atoms with E-state index in [1.807, 2.05) is 12.1 Å². The molecule has 0 aromatic heterocycles. The van der Waals surface area contributed by atoms with Gasteiger partial charge in [-0.3, -0.25) is 0 Å². The van der Waals surface area contributed by atoms with Crippen molar-refractivity contribution in [1.82, 2.24) is 10.2 Å². The fraction of sp³-hybridized carbons (Fsp3) is 0.647. The standard InChI is InChI=1S/C17H29ClN2/c1-5-10-19-13-17(3,6-2)14-20(4)12-15-8-7-9-16(18)11-15/h7-9,11,19H,5-6,10,12-14H2,1-4H3. The van der Waals surface area contributed by atoms with Gasteiger partial charge in [0.1, 0.15) is 0 Å². The second-order valence-electron chi connectivity index (χ2n) is 6.14. The molecule has 0 bridgehead atoms. The minimum absolute atomic E-state index is 0.322. The quantitative estimate of drug-likeness (QED) is 0.688. The predicted octanol–water partition coefficient (Wildman–Crippen LogP) is 4.19. The molecule has 0 radical (unpaired) electrons. The molecular weight excluding hydrogens is 268 g/mol. The molecule has 1 aromatic rings. The van der Waals surface area contributed by atoms with Crippen LogP contribution in [-0.2, 0) is 6.54 Å². The zero-order valence-electron chi connectivity index (χ0n) is 13.4. The van der Waals surface area contributed by atoms with Crippen molar-refractivity contribution in [1.29, 1.82) is 0 Å². The van der Waals surface area contributed by atoms with E-state index < -0.39 is 0 Å². The maximum atomic E-state index is 6.04. The van der Waals surface area contributed by atoms with E-state index in [4.69, 9.17) is 11.6 Å². The first kappa shape index (κ1) is 17.5. The average Bonchev–Trinajstić information content (AvgIpc) is 2.38. The first-order valence-corrected chi connectivity index (χ1v) is 8.00. The van der Waals surface area contributed by atoms with Gasteiger partial charge in [-0.1, -0.05) is 44.5 Å². The first-order chi connectivity index (χ1) is 9.49. The fourth-order valence-electron chi connectivity index (χ4n) is 2.51. The highest BCUT2D eigenvalue weighted by Crippen LogP contribution is 2.22. The summed E-state index contributed by atoms with van der Waals surface area (Å²) in [6.45, 7) is 11.1. The van der Waals surface area contributed by atoms with Crippen LogP contribution in [0, 0.1) is 5.41 Å². The molecule has 114 valence electrons. The molecule has 20 heavy (non-hydrogen) atoms. The summed E-state index contributed by atoms with van der Waals surface area (Å²) in [5.74, 6) is 0. The third-order valence-corrected chi connectivity index (χ3v) is 4.06. The number of hydrogen-bond acceptors (Lipinski definition) is 2. The molecule has 1 rings (SSSR count). The normalized spacial score (nSPS) is 14.5. The molecule has 0 saturated heterocycles. The lowest BCUT2D eigenvalue weighted by Gasteiger charge is -2.33. The largest absolute Gasteiger partial charge is 0.316 e. The lowest BCUT2D eigenvalue weighted by molar-refractivity contribution is 0.175. The highest BCUT2D eigenvalue weighted by molar-refractivity contribution is 6.30. The number of halogens is 1. The van der Waals surface area contributed by atoms with Crippen LogP contribution in [0.25, 0.3) is 0 Å². The number of benzene rings is 1. The number of nitrogens with one attached hydrogen (secondary N) is 1. The molecule has 0 aliphatic carbocycles. The SMILES string of the molecule is CCCNCC(C)(CC)CN(C)Cc1cccc(Cl)c1. The molecule has 1 unspecified atom stereocenters. The van der Waals surface area contributed by atoms with Crippen LogP contribution < -0.4 is 5.32 Å². The monoisotopic (exact) mass is 296 g/mol. The second-order valence-corrected chi connectivity index (χ2v) is 6.58. The summed E-state index contributed by atoms with van der Waals surface area (Å²) in [5, 5.41) is 4.38. The van der Waals surface area contributed by atoms with E-state index in [-0.39, 0.29) is 0 Å². The van der Waals surface area contributed by atoms with Crippen LogP contribution >= 0.6 is 11.6 Å². The Morgan fingerprint density at radius 1 is 1.30 bits per heavy atom. The minimum Gasteiger partial charge on any atom is -0.316 e. The van der Waals surface area contributed by atoms with Gasteiger partial charge < -0.3 is 10.2 Å². The predicted molar refractivity (Wildman–Crippen MR) is 89.3 cm³/mol. The van der Waals surface area contributed by atoms with Gasteiger partial charge in [0.15, 0.2) is 0 Å². The van der Waals surface area contributed by atoms with E-state index in [9.17, 15) is 0 Å². The van der Waals surface area contributed by atoms with Crippen molar-refractivity contribution in [2.45, 2.75) is 40.2 Å². The van der Waals surface area contributed by atoms with E-state index in [1.165, 1.54) is 18.4 Å². The minimum atomic E-state index is 0.322. The zero-order chi connectivity index (χ0) is 15.0. The Bertz CT molecular complexity index is 394. The van der Waals surface area contributed by atoms with Gasteiger partial charge in [0.05, 0.1) is 0 Å². The number of nitrogens with zero attached hydrogens (tertiary/aromatic N) is 1. The molecule has 1 N–H and O–H groups in total. The zero-order valence-corrected chi connectivity index (χ0v) is 14.1. The molecule has 3 heteroatoms. The molecule has 0 aliphatic heterocycles. The van der Waals surface area contributed by atoms with Gasteiger partial charge in [0.2, 0.25) is 0 Å². The third kappa shape index (κ3) is 6.25. The van der Waals surface area contributed by atoms with E-state index in [1.54, 1.807) is 0 Å². The van der Waals surface area contributed by atoms with Crippen LogP contribution in [0.3, 0.4) is 0 Å². The summed E-state index contributed by atoms with van der Waals surface area (Å²) in [5.41, 5.74) is 1.60. The molecule has 0 spiro atoms. The Hall–Kier alpha value is -0.570. The molecule has 0 saturated carbocycles. The Labute approximate surface area is 129 Å². The Kier molecular flexibility index (Phi) is 7.57. The molecular formula is C17H29ClN2. The Balaban J connectivity index is 2.51. The summed E-state index contributed by atoms with van der Waals surface area (Å²) in [4.78, 5) is 2.39. The van der Waals surface area contributed by atoms with Crippen LogP contribution in [-0.4, -0.2) is 31.6 Å². The van der Waals surface area contributed by atoms with Crippen LogP contribution in [0.4, 0.5) is 0 Å². The fourth-order valence-corrected chi connectivity index (χ4v) is 2.73. The van der Waals surface area contributed by atoms with Gasteiger partial charge >= 0.3 is 0 Å². The molecule has 0 aliphatic rings. The average molecular weight is 297 g/mol. The summed E-state index contributed by atoms with van der Waals surface area (Å²) in [7, 11) is 2.19. The van der Waals surface area contributed by atoms with Crippen molar-refractivity contribution in [2.75, 3.05) is 26.7 Å². The van der Waals surface area contributed by atoms with Crippen molar-refractivity contribution in [3.8, 4) is 0 Å². The van der Waals surface area contributed by atoms with Crippen molar-refractivity contribution in [3.63, 3.8) is 0 Å². The van der Waals surface area contributed by atoms with Crippen LogP contribution in [0.5, 0.6) is 0 Å². The maximum Gasteiger partial charge on any atom is 0.0409 e. The van der Waals surface area contributed by atoms with Gasteiger partial charge in [-0.15, -0.1) is 0 Å². The number of rotatable bonds is 9. The molecule has 0 heterocycles. The van der Waals surface area contributed by atoms with E-state index in [2.05, 4.69) is 50.2 Å². The molecule has 2 nitrogen and oxygen atoms in total. The Morgan fingerprint density at radius 2 is 2.05 bits per heavy atom. The third-order valence-electron chi connectivity index (χ3n) is 3.83. The molecule has 1 atom stereocenters. The summed E-state index contributed by atoms with van der Waals surface area (Å²) < 4.78 is 0. The van der Waals surface area contributed by atoms with Gasteiger partial charge in [-0.25, -0.2) is 0 Å². The van der Waals surface area contributed by atoms with Crippen LogP contribution in [0.1, 0.15) is 39.2 Å². The highest BCUT2D eigenvalue weighted by Gasteiger charge is 2.23. The van der Waals surface area contributed by atoms with Gasteiger partial charge in [-0.05, 0) is 49.5 Å². The van der Waals surface area contributed by atoms with Crippen molar-refractivity contribution in [2.24, 2.45) is 5.41 Å².